The maximum atomic E-state index is 13.7. The Hall–Kier alpha value is -3.21. The molecular formula is C28H28FNO3. The standard InChI is InChI=1S/C28H28FNO3/c1-17-25(28(32)33-22-9-5-6-10-22)26(19-11-13-21(29)14-12-19)27-23(30-17)15-20(16-24(27)31)18-7-3-2-4-8-18/h2-4,7-8,11-14,20,22,26,30H,5-6,9-10,15-16H2,1H3. The third kappa shape index (κ3) is 4.24. The molecule has 3 aliphatic rings. The van der Waals surface area contributed by atoms with Gasteiger partial charge in [-0.05, 0) is 68.2 Å². The number of esters is 1. The molecule has 1 aliphatic heterocycles. The zero-order valence-corrected chi connectivity index (χ0v) is 18.8. The van der Waals surface area contributed by atoms with Crippen LogP contribution in [0.5, 0.6) is 0 Å². The first kappa shape index (κ1) is 21.6. The molecule has 2 atom stereocenters. The second-order valence-corrected chi connectivity index (χ2v) is 9.29. The van der Waals surface area contributed by atoms with Gasteiger partial charge < -0.3 is 10.1 Å². The van der Waals surface area contributed by atoms with E-state index < -0.39 is 5.92 Å². The second-order valence-electron chi connectivity index (χ2n) is 9.29. The average molecular weight is 446 g/mol. The van der Waals surface area contributed by atoms with Crippen molar-refractivity contribution in [1.29, 1.82) is 0 Å². The predicted octanol–water partition coefficient (Wildman–Crippen LogP) is 5.67. The fourth-order valence-corrected chi connectivity index (χ4v) is 5.48. The maximum absolute atomic E-state index is 13.7. The number of hydrogen-bond donors (Lipinski definition) is 1. The van der Waals surface area contributed by atoms with Crippen molar-refractivity contribution in [2.24, 2.45) is 0 Å². The Morgan fingerprint density at radius 3 is 2.36 bits per heavy atom. The number of rotatable bonds is 4. The van der Waals surface area contributed by atoms with Gasteiger partial charge in [-0.1, -0.05) is 42.5 Å². The first-order chi connectivity index (χ1) is 16.0. The number of benzene rings is 2. The SMILES string of the molecule is CC1=C(C(=O)OC2CCCC2)C(c2ccc(F)cc2)C2=C(CC(c3ccccc3)CC2=O)N1. The van der Waals surface area contributed by atoms with Gasteiger partial charge >= 0.3 is 5.97 Å². The minimum atomic E-state index is -0.556. The monoisotopic (exact) mass is 445 g/mol. The van der Waals surface area contributed by atoms with E-state index in [0.717, 1.165) is 42.5 Å². The van der Waals surface area contributed by atoms with Crippen molar-refractivity contribution >= 4 is 11.8 Å². The molecule has 1 fully saturated rings. The highest BCUT2D eigenvalue weighted by Gasteiger charge is 2.42. The van der Waals surface area contributed by atoms with Crippen LogP contribution in [0.3, 0.4) is 0 Å². The van der Waals surface area contributed by atoms with Crippen LogP contribution in [-0.4, -0.2) is 17.9 Å². The molecule has 1 heterocycles. The number of dihydropyridines is 1. The van der Waals surface area contributed by atoms with Gasteiger partial charge in [-0.15, -0.1) is 0 Å². The van der Waals surface area contributed by atoms with Crippen molar-refractivity contribution < 1.29 is 18.7 Å². The van der Waals surface area contributed by atoms with Gasteiger partial charge in [0, 0.05) is 29.3 Å². The van der Waals surface area contributed by atoms with Crippen molar-refractivity contribution in [2.75, 3.05) is 0 Å². The number of carbonyl (C=O) groups is 2. The second kappa shape index (κ2) is 8.97. The van der Waals surface area contributed by atoms with Crippen LogP contribution in [0.4, 0.5) is 4.39 Å². The van der Waals surface area contributed by atoms with Crippen LogP contribution in [0.2, 0.25) is 0 Å². The highest BCUT2D eigenvalue weighted by Crippen LogP contribution is 2.46. The summed E-state index contributed by atoms with van der Waals surface area (Å²) >= 11 is 0. The molecule has 0 saturated heterocycles. The lowest BCUT2D eigenvalue weighted by atomic mass is 9.72. The Balaban J connectivity index is 1.54. The molecule has 0 bridgehead atoms. The molecule has 0 amide bonds. The highest BCUT2D eigenvalue weighted by atomic mass is 19.1. The Labute approximate surface area is 193 Å². The van der Waals surface area contributed by atoms with E-state index in [0.29, 0.717) is 29.7 Å². The Kier molecular flexibility index (Phi) is 5.88. The predicted molar refractivity (Wildman–Crippen MR) is 124 cm³/mol. The van der Waals surface area contributed by atoms with E-state index in [1.54, 1.807) is 12.1 Å². The normalized spacial score (nSPS) is 23.4. The van der Waals surface area contributed by atoms with Crippen LogP contribution in [0.1, 0.15) is 68.4 Å². The van der Waals surface area contributed by atoms with E-state index in [4.69, 9.17) is 4.74 Å². The molecule has 33 heavy (non-hydrogen) atoms. The summed E-state index contributed by atoms with van der Waals surface area (Å²) in [4.78, 5) is 26.9. The molecule has 5 rings (SSSR count). The number of Topliss-reactive ketones (excluding diaryl/α,β-unsaturated/α-hetero) is 1. The lowest BCUT2D eigenvalue weighted by Crippen LogP contribution is -2.36. The molecule has 2 unspecified atom stereocenters. The summed E-state index contributed by atoms with van der Waals surface area (Å²) in [7, 11) is 0. The number of allylic oxidation sites excluding steroid dienone is 3. The molecule has 2 aliphatic carbocycles. The van der Waals surface area contributed by atoms with E-state index in [1.165, 1.54) is 12.1 Å². The van der Waals surface area contributed by atoms with E-state index >= 15 is 0 Å². The molecule has 0 radical (unpaired) electrons. The number of hydrogen-bond acceptors (Lipinski definition) is 4. The van der Waals surface area contributed by atoms with Crippen molar-refractivity contribution in [3.8, 4) is 0 Å². The van der Waals surface area contributed by atoms with Gasteiger partial charge in [0.1, 0.15) is 11.9 Å². The molecule has 1 saturated carbocycles. The summed E-state index contributed by atoms with van der Waals surface area (Å²) in [5.74, 6) is -1.19. The largest absolute Gasteiger partial charge is 0.459 e. The number of nitrogens with one attached hydrogen (secondary N) is 1. The Morgan fingerprint density at radius 2 is 1.67 bits per heavy atom. The summed E-state index contributed by atoms with van der Waals surface area (Å²) in [6.07, 6.45) is 4.86. The lowest BCUT2D eigenvalue weighted by molar-refractivity contribution is -0.144. The van der Waals surface area contributed by atoms with E-state index in [9.17, 15) is 14.0 Å². The first-order valence-corrected chi connectivity index (χ1v) is 11.8. The van der Waals surface area contributed by atoms with Crippen LogP contribution in [0.15, 0.2) is 77.1 Å². The van der Waals surface area contributed by atoms with Gasteiger partial charge in [-0.2, -0.15) is 0 Å². The molecule has 4 nitrogen and oxygen atoms in total. The topological polar surface area (TPSA) is 55.4 Å². The van der Waals surface area contributed by atoms with Crippen LogP contribution in [-0.2, 0) is 14.3 Å². The Bertz CT molecular complexity index is 1130. The van der Waals surface area contributed by atoms with Crippen LogP contribution >= 0.6 is 0 Å². The number of halogens is 1. The van der Waals surface area contributed by atoms with Crippen LogP contribution in [0, 0.1) is 5.82 Å². The lowest BCUT2D eigenvalue weighted by Gasteiger charge is -2.37. The third-order valence-corrected chi connectivity index (χ3v) is 7.10. The van der Waals surface area contributed by atoms with Gasteiger partial charge in [0.2, 0.25) is 0 Å². The van der Waals surface area contributed by atoms with Crippen LogP contribution in [0.25, 0.3) is 0 Å². The zero-order valence-electron chi connectivity index (χ0n) is 18.8. The fourth-order valence-electron chi connectivity index (χ4n) is 5.48. The average Bonchev–Trinajstić information content (AvgIpc) is 3.32. The third-order valence-electron chi connectivity index (χ3n) is 7.10. The summed E-state index contributed by atoms with van der Waals surface area (Å²) in [5, 5.41) is 3.38. The summed E-state index contributed by atoms with van der Waals surface area (Å²) in [6.45, 7) is 1.86. The van der Waals surface area contributed by atoms with Crippen LogP contribution < -0.4 is 5.32 Å². The zero-order chi connectivity index (χ0) is 22.9. The fraction of sp³-hybridized carbons (Fsp3) is 0.357. The smallest absolute Gasteiger partial charge is 0.337 e. The van der Waals surface area contributed by atoms with Crippen molar-refractivity contribution in [2.45, 2.75) is 63.4 Å². The number of carbonyl (C=O) groups excluding carboxylic acids is 2. The van der Waals surface area contributed by atoms with Gasteiger partial charge in [0.05, 0.1) is 5.57 Å². The molecule has 170 valence electrons. The van der Waals surface area contributed by atoms with Crippen molar-refractivity contribution in [1.82, 2.24) is 5.32 Å². The van der Waals surface area contributed by atoms with Gasteiger partial charge in [-0.3, -0.25) is 4.79 Å². The molecule has 0 spiro atoms. The van der Waals surface area contributed by atoms with Crippen molar-refractivity contribution in [3.05, 3.63) is 94.1 Å². The minimum absolute atomic E-state index is 0.0191. The van der Waals surface area contributed by atoms with Gasteiger partial charge in [0.25, 0.3) is 0 Å². The van der Waals surface area contributed by atoms with Crippen molar-refractivity contribution in [3.63, 3.8) is 0 Å². The van der Waals surface area contributed by atoms with Gasteiger partial charge in [-0.25, -0.2) is 9.18 Å². The quantitative estimate of drug-likeness (QED) is 0.616. The van der Waals surface area contributed by atoms with E-state index in [2.05, 4.69) is 17.4 Å². The van der Waals surface area contributed by atoms with Gasteiger partial charge in [0.15, 0.2) is 5.78 Å². The molecule has 5 heteroatoms. The molecule has 2 aromatic carbocycles. The molecule has 0 aromatic heterocycles. The highest BCUT2D eigenvalue weighted by molar-refractivity contribution is 6.04. The summed E-state index contributed by atoms with van der Waals surface area (Å²) in [5.41, 5.74) is 4.48. The summed E-state index contributed by atoms with van der Waals surface area (Å²) < 4.78 is 19.6. The first-order valence-electron chi connectivity index (χ1n) is 11.8. The Morgan fingerprint density at radius 1 is 0.970 bits per heavy atom. The molecule has 2 aromatic rings. The number of ether oxygens (including phenoxy) is 1. The number of ketones is 1. The van der Waals surface area contributed by atoms with E-state index in [1.807, 2.05) is 25.1 Å². The van der Waals surface area contributed by atoms with E-state index in [-0.39, 0.29) is 29.6 Å². The molecule has 1 N–H and O–H groups in total. The molecular weight excluding hydrogens is 417 g/mol. The summed E-state index contributed by atoms with van der Waals surface area (Å²) in [6, 6.07) is 16.2. The minimum Gasteiger partial charge on any atom is -0.459 e. The maximum Gasteiger partial charge on any atom is 0.337 e.